The Hall–Kier alpha value is -6.09. The number of hydrogen-bond donors (Lipinski definition) is 1. The van der Waals surface area contributed by atoms with Crippen LogP contribution in [0.3, 0.4) is 0 Å². The number of hydrogen-bond acceptors (Lipinski definition) is 6. The quantitative estimate of drug-likeness (QED) is 0.193. The fourth-order valence-electron chi connectivity index (χ4n) is 6.97. The van der Waals surface area contributed by atoms with Crippen molar-refractivity contribution < 1.29 is 24.2 Å². The average molecular weight is 665 g/mol. The number of pyridine rings is 2. The number of aromatic hydroxyl groups is 1. The summed E-state index contributed by atoms with van der Waals surface area (Å²) in [6, 6.07) is 29.7. The second-order valence-corrected chi connectivity index (χ2v) is 13.2. The lowest BCUT2D eigenvalue weighted by Gasteiger charge is -2.35. The highest BCUT2D eigenvalue weighted by Gasteiger charge is 2.33. The number of phenolic OH excluding ortho intramolecular Hbond substituents is 1. The van der Waals surface area contributed by atoms with Gasteiger partial charge in [-0.15, -0.1) is 0 Å². The minimum absolute atomic E-state index is 0.0215. The standard InChI is InChI=1S/C41H36N4O5/c1-25(2)35-19-30(15-16-42-35)45(29-11-13-31(46)14-12-29)41(48)34-20-37(43-17-7-6-10-36(34)43)32-21-38-39(50-24-49-38)22-33(32)40(47)44-23-28-9-5-4-8-27(28)18-26(44)3/h4-17,19-22,25-26,46H,18,23-24H2,1-3H3/t26-/m1/s1. The number of aromatic nitrogens is 2. The molecule has 50 heavy (non-hydrogen) atoms. The Balaban J connectivity index is 1.28. The summed E-state index contributed by atoms with van der Waals surface area (Å²) in [4.78, 5) is 37.6. The van der Waals surface area contributed by atoms with Gasteiger partial charge in [0.15, 0.2) is 11.5 Å². The van der Waals surface area contributed by atoms with Crippen molar-refractivity contribution in [1.29, 1.82) is 0 Å². The fraction of sp³-hybridized carbons (Fsp3) is 0.195. The number of nitrogens with zero attached hydrogens (tertiary/aromatic N) is 4. The van der Waals surface area contributed by atoms with Crippen LogP contribution in [0, 0.1) is 0 Å². The van der Waals surface area contributed by atoms with Crippen LogP contribution in [-0.2, 0) is 13.0 Å². The van der Waals surface area contributed by atoms with Crippen LogP contribution in [0.1, 0.15) is 64.2 Å². The zero-order valence-electron chi connectivity index (χ0n) is 28.0. The SMILES string of the molecule is CC(C)c1cc(N(C(=O)c2cc(-c3cc4c(cc3C(=O)N3Cc5ccccc5C[C@H]3C)OCO4)n3ccccc23)c2ccc(O)cc2)ccn1. The Kier molecular flexibility index (Phi) is 7.75. The normalized spacial score (nSPS) is 15.0. The topological polar surface area (TPSA) is 96.6 Å². The molecule has 9 nitrogen and oxygen atoms in total. The monoisotopic (exact) mass is 664 g/mol. The van der Waals surface area contributed by atoms with Crippen LogP contribution in [0.5, 0.6) is 17.2 Å². The van der Waals surface area contributed by atoms with Crippen molar-refractivity contribution in [3.05, 3.63) is 137 Å². The number of phenols is 1. The number of carbonyl (C=O) groups excluding carboxylic acids is 2. The van der Waals surface area contributed by atoms with E-state index in [1.54, 1.807) is 41.4 Å². The molecule has 0 saturated heterocycles. The van der Waals surface area contributed by atoms with Crippen LogP contribution in [0.15, 0.2) is 109 Å². The van der Waals surface area contributed by atoms with Gasteiger partial charge in [-0.25, -0.2) is 0 Å². The van der Waals surface area contributed by atoms with Crippen molar-refractivity contribution in [2.24, 2.45) is 0 Å². The van der Waals surface area contributed by atoms with Crippen LogP contribution < -0.4 is 14.4 Å². The van der Waals surface area contributed by atoms with Gasteiger partial charge in [0.2, 0.25) is 6.79 Å². The highest BCUT2D eigenvalue weighted by molar-refractivity contribution is 6.16. The first kappa shape index (κ1) is 31.2. The van der Waals surface area contributed by atoms with Crippen LogP contribution >= 0.6 is 0 Å². The largest absolute Gasteiger partial charge is 0.508 e. The predicted octanol–water partition coefficient (Wildman–Crippen LogP) is 8.12. The number of amides is 2. The van der Waals surface area contributed by atoms with Gasteiger partial charge in [0.1, 0.15) is 5.75 Å². The van der Waals surface area contributed by atoms with Gasteiger partial charge >= 0.3 is 0 Å². The zero-order chi connectivity index (χ0) is 34.5. The number of ether oxygens (including phenoxy) is 2. The molecular formula is C41H36N4O5. The first-order valence-corrected chi connectivity index (χ1v) is 16.8. The maximum absolute atomic E-state index is 14.9. The Morgan fingerprint density at radius 2 is 1.60 bits per heavy atom. The summed E-state index contributed by atoms with van der Waals surface area (Å²) in [7, 11) is 0. The number of anilines is 2. The van der Waals surface area contributed by atoms with E-state index in [1.807, 2.05) is 70.1 Å². The molecule has 8 rings (SSSR count). The molecule has 1 atom stereocenters. The first-order valence-electron chi connectivity index (χ1n) is 16.8. The van der Waals surface area contributed by atoms with Gasteiger partial charge in [-0.3, -0.25) is 19.5 Å². The Morgan fingerprint density at radius 3 is 2.38 bits per heavy atom. The summed E-state index contributed by atoms with van der Waals surface area (Å²) in [5, 5.41) is 10.1. The minimum Gasteiger partial charge on any atom is -0.508 e. The number of rotatable bonds is 6. The summed E-state index contributed by atoms with van der Waals surface area (Å²) in [5.41, 5.74) is 7.34. The van der Waals surface area contributed by atoms with E-state index in [0.717, 1.165) is 17.7 Å². The maximum atomic E-state index is 14.9. The molecule has 3 aromatic heterocycles. The van der Waals surface area contributed by atoms with Gasteiger partial charge < -0.3 is 23.9 Å². The minimum atomic E-state index is -0.276. The van der Waals surface area contributed by atoms with Crippen molar-refractivity contribution >= 4 is 28.7 Å². The van der Waals surface area contributed by atoms with Gasteiger partial charge in [-0.05, 0) is 97.1 Å². The molecule has 6 aromatic rings. The van der Waals surface area contributed by atoms with Crippen molar-refractivity contribution in [3.8, 4) is 28.5 Å². The maximum Gasteiger partial charge on any atom is 0.265 e. The molecule has 0 bridgehead atoms. The smallest absolute Gasteiger partial charge is 0.265 e. The molecule has 0 saturated carbocycles. The molecule has 0 unspecified atom stereocenters. The van der Waals surface area contributed by atoms with Crippen LogP contribution in [0.4, 0.5) is 11.4 Å². The molecule has 2 aliphatic heterocycles. The Bertz CT molecular complexity index is 2280. The lowest BCUT2D eigenvalue weighted by molar-refractivity contribution is 0.0658. The highest BCUT2D eigenvalue weighted by atomic mass is 16.7. The third kappa shape index (κ3) is 5.41. The van der Waals surface area contributed by atoms with Gasteiger partial charge in [0.25, 0.3) is 11.8 Å². The Labute approximate surface area is 289 Å². The molecule has 9 heteroatoms. The number of carbonyl (C=O) groups is 2. The lowest BCUT2D eigenvalue weighted by atomic mass is 9.93. The van der Waals surface area contributed by atoms with Gasteiger partial charge in [-0.1, -0.05) is 44.2 Å². The van der Waals surface area contributed by atoms with E-state index in [-0.39, 0.29) is 36.3 Å². The van der Waals surface area contributed by atoms with Crippen LogP contribution in [0.25, 0.3) is 16.8 Å². The van der Waals surface area contributed by atoms with Gasteiger partial charge in [0.05, 0.1) is 28.0 Å². The zero-order valence-corrected chi connectivity index (χ0v) is 28.0. The van der Waals surface area contributed by atoms with E-state index in [0.29, 0.717) is 57.3 Å². The molecule has 0 aliphatic carbocycles. The van der Waals surface area contributed by atoms with E-state index < -0.39 is 0 Å². The average Bonchev–Trinajstić information content (AvgIpc) is 3.76. The van der Waals surface area contributed by atoms with E-state index in [9.17, 15) is 14.7 Å². The molecule has 5 heterocycles. The van der Waals surface area contributed by atoms with Crippen LogP contribution in [0.2, 0.25) is 0 Å². The molecule has 2 aliphatic rings. The van der Waals surface area contributed by atoms with Crippen molar-refractivity contribution in [3.63, 3.8) is 0 Å². The lowest BCUT2D eigenvalue weighted by Crippen LogP contribution is -2.42. The Morgan fingerprint density at radius 1 is 0.860 bits per heavy atom. The third-order valence-electron chi connectivity index (χ3n) is 9.62. The molecule has 3 aromatic carbocycles. The first-order chi connectivity index (χ1) is 24.3. The molecule has 2 amide bonds. The van der Waals surface area contributed by atoms with Gasteiger partial charge in [-0.2, -0.15) is 0 Å². The van der Waals surface area contributed by atoms with Gasteiger partial charge in [0, 0.05) is 41.9 Å². The summed E-state index contributed by atoms with van der Waals surface area (Å²) in [6.45, 7) is 6.74. The molecule has 0 radical (unpaired) electrons. The van der Waals surface area contributed by atoms with Crippen molar-refractivity contribution in [2.45, 2.75) is 45.7 Å². The highest BCUT2D eigenvalue weighted by Crippen LogP contribution is 2.42. The second kappa shape index (κ2) is 12.4. The number of fused-ring (bicyclic) bond motifs is 3. The van der Waals surface area contributed by atoms with Crippen LogP contribution in [-0.4, -0.2) is 44.0 Å². The number of benzene rings is 3. The predicted molar refractivity (Wildman–Crippen MR) is 191 cm³/mol. The molecule has 0 fully saturated rings. The fourth-order valence-corrected chi connectivity index (χ4v) is 6.97. The van der Waals surface area contributed by atoms with E-state index in [4.69, 9.17) is 9.47 Å². The van der Waals surface area contributed by atoms with E-state index in [2.05, 4.69) is 37.9 Å². The van der Waals surface area contributed by atoms with Crippen molar-refractivity contribution in [2.75, 3.05) is 11.7 Å². The summed E-state index contributed by atoms with van der Waals surface area (Å²) >= 11 is 0. The molecular weight excluding hydrogens is 628 g/mol. The third-order valence-corrected chi connectivity index (χ3v) is 9.62. The van der Waals surface area contributed by atoms with E-state index >= 15 is 0 Å². The second-order valence-electron chi connectivity index (χ2n) is 13.2. The summed E-state index contributed by atoms with van der Waals surface area (Å²) in [6.07, 6.45) is 4.36. The summed E-state index contributed by atoms with van der Waals surface area (Å²) in [5.74, 6) is 0.894. The summed E-state index contributed by atoms with van der Waals surface area (Å²) < 4.78 is 13.5. The molecule has 250 valence electrons. The molecule has 0 spiro atoms. The van der Waals surface area contributed by atoms with Crippen molar-refractivity contribution in [1.82, 2.24) is 14.3 Å². The van der Waals surface area contributed by atoms with E-state index in [1.165, 1.54) is 5.56 Å². The molecule has 1 N–H and O–H groups in total.